The lowest BCUT2D eigenvalue weighted by molar-refractivity contribution is -0.119. The molecule has 126 valence electrons. The Morgan fingerprint density at radius 2 is 1.95 bits per heavy atom. The van der Waals surface area contributed by atoms with E-state index in [4.69, 9.17) is 4.74 Å². The molecule has 0 heterocycles. The summed E-state index contributed by atoms with van der Waals surface area (Å²) < 4.78 is 4.86. The van der Waals surface area contributed by atoms with Crippen LogP contribution in [0.4, 0.5) is 0 Å². The number of unbranched alkanes of at least 4 members (excludes halogenated alkanes) is 1. The standard InChI is InChI=1S/C13H28N4O2S.HI/c1-4-14-13(16-7-5-6-10-20-3)17-11-12(18)15-8-9-19-2;/h4-11H2,1-3H3,(H,15,18)(H2,14,16,17);1H. The van der Waals surface area contributed by atoms with Crippen molar-refractivity contribution in [3.63, 3.8) is 0 Å². The van der Waals surface area contributed by atoms with Gasteiger partial charge in [0.25, 0.3) is 0 Å². The summed E-state index contributed by atoms with van der Waals surface area (Å²) in [6, 6.07) is 0. The van der Waals surface area contributed by atoms with Gasteiger partial charge in [0.05, 0.1) is 6.61 Å². The van der Waals surface area contributed by atoms with E-state index in [1.54, 1.807) is 7.11 Å². The Labute approximate surface area is 149 Å². The number of nitrogens with zero attached hydrogens (tertiary/aromatic N) is 1. The van der Waals surface area contributed by atoms with E-state index >= 15 is 0 Å². The normalized spacial score (nSPS) is 10.7. The van der Waals surface area contributed by atoms with Gasteiger partial charge in [0.2, 0.25) is 5.91 Å². The van der Waals surface area contributed by atoms with Gasteiger partial charge >= 0.3 is 0 Å². The summed E-state index contributed by atoms with van der Waals surface area (Å²) in [6.07, 6.45) is 4.40. The first-order chi connectivity index (χ1) is 9.74. The fourth-order valence-electron chi connectivity index (χ4n) is 1.42. The van der Waals surface area contributed by atoms with Crippen LogP contribution in [0.5, 0.6) is 0 Å². The van der Waals surface area contributed by atoms with E-state index in [0.717, 1.165) is 19.5 Å². The number of aliphatic imine (C=N–C) groups is 1. The fraction of sp³-hybridized carbons (Fsp3) is 0.846. The minimum atomic E-state index is -0.0957. The molecular weight excluding hydrogens is 403 g/mol. The Morgan fingerprint density at radius 3 is 2.57 bits per heavy atom. The largest absolute Gasteiger partial charge is 0.383 e. The second-order valence-electron chi connectivity index (χ2n) is 4.16. The van der Waals surface area contributed by atoms with Gasteiger partial charge < -0.3 is 20.7 Å². The fourth-order valence-corrected chi connectivity index (χ4v) is 1.91. The van der Waals surface area contributed by atoms with Crippen LogP contribution in [-0.4, -0.2) is 63.8 Å². The van der Waals surface area contributed by atoms with E-state index in [0.29, 0.717) is 19.1 Å². The summed E-state index contributed by atoms with van der Waals surface area (Å²) in [4.78, 5) is 15.8. The average molecular weight is 432 g/mol. The third kappa shape index (κ3) is 16.0. The highest BCUT2D eigenvalue weighted by atomic mass is 127. The molecule has 3 N–H and O–H groups in total. The lowest BCUT2D eigenvalue weighted by Crippen LogP contribution is -2.39. The Morgan fingerprint density at radius 1 is 1.19 bits per heavy atom. The molecule has 0 aromatic heterocycles. The van der Waals surface area contributed by atoms with Crippen molar-refractivity contribution in [2.24, 2.45) is 4.99 Å². The SMILES string of the molecule is CCNC(=NCC(=O)NCCOC)NCCCCSC.I. The number of carbonyl (C=O) groups excluding carboxylic acids is 1. The van der Waals surface area contributed by atoms with E-state index in [2.05, 4.69) is 27.2 Å². The van der Waals surface area contributed by atoms with E-state index in [9.17, 15) is 4.79 Å². The summed E-state index contributed by atoms with van der Waals surface area (Å²) in [5.74, 6) is 1.78. The highest BCUT2D eigenvalue weighted by Gasteiger charge is 2.01. The van der Waals surface area contributed by atoms with E-state index in [-0.39, 0.29) is 36.4 Å². The van der Waals surface area contributed by atoms with E-state index < -0.39 is 0 Å². The summed E-state index contributed by atoms with van der Waals surface area (Å²) in [5, 5.41) is 9.09. The number of halogens is 1. The molecule has 0 atom stereocenters. The predicted molar refractivity (Wildman–Crippen MR) is 102 cm³/mol. The van der Waals surface area contributed by atoms with Crippen LogP contribution in [-0.2, 0) is 9.53 Å². The minimum Gasteiger partial charge on any atom is -0.383 e. The van der Waals surface area contributed by atoms with Crippen molar-refractivity contribution in [2.45, 2.75) is 19.8 Å². The number of ether oxygens (including phenoxy) is 1. The Kier molecular flexibility index (Phi) is 19.6. The number of hydrogen-bond acceptors (Lipinski definition) is 4. The molecule has 0 aromatic carbocycles. The predicted octanol–water partition coefficient (Wildman–Crippen LogP) is 1.07. The Bertz CT molecular complexity index is 281. The van der Waals surface area contributed by atoms with Gasteiger partial charge in [0.1, 0.15) is 6.54 Å². The molecule has 0 unspecified atom stereocenters. The van der Waals surface area contributed by atoms with Gasteiger partial charge in [-0.15, -0.1) is 24.0 Å². The number of carbonyl (C=O) groups is 1. The zero-order chi connectivity index (χ0) is 15.1. The first-order valence-corrected chi connectivity index (χ1v) is 8.40. The van der Waals surface area contributed by atoms with E-state index in [1.165, 1.54) is 12.2 Å². The first kappa shape index (κ1) is 23.1. The van der Waals surface area contributed by atoms with Crippen molar-refractivity contribution in [3.8, 4) is 0 Å². The van der Waals surface area contributed by atoms with Gasteiger partial charge in [-0.2, -0.15) is 11.8 Å². The summed E-state index contributed by atoms with van der Waals surface area (Å²) >= 11 is 1.86. The van der Waals surface area contributed by atoms with Gasteiger partial charge in [0, 0.05) is 26.7 Å². The molecule has 8 heteroatoms. The first-order valence-electron chi connectivity index (χ1n) is 7.01. The van der Waals surface area contributed by atoms with Crippen molar-refractivity contribution < 1.29 is 9.53 Å². The molecule has 0 aliphatic carbocycles. The maximum absolute atomic E-state index is 11.5. The number of rotatable bonds is 11. The topological polar surface area (TPSA) is 74.8 Å². The molecule has 0 spiro atoms. The molecule has 0 fully saturated rings. The second kappa shape index (κ2) is 17.8. The monoisotopic (exact) mass is 432 g/mol. The molecule has 0 radical (unpaired) electrons. The van der Waals surface area contributed by atoms with Crippen LogP contribution in [0.2, 0.25) is 0 Å². The van der Waals surface area contributed by atoms with E-state index in [1.807, 2.05) is 18.7 Å². The smallest absolute Gasteiger partial charge is 0.241 e. The van der Waals surface area contributed by atoms with Crippen LogP contribution >= 0.6 is 35.7 Å². The summed E-state index contributed by atoms with van der Waals surface area (Å²) in [6.45, 7) is 4.82. The van der Waals surface area contributed by atoms with Gasteiger partial charge in [-0.05, 0) is 31.8 Å². The number of hydrogen-bond donors (Lipinski definition) is 3. The van der Waals surface area contributed by atoms with Crippen LogP contribution in [0, 0.1) is 0 Å². The van der Waals surface area contributed by atoms with Crippen LogP contribution in [0.1, 0.15) is 19.8 Å². The molecule has 0 saturated heterocycles. The third-order valence-electron chi connectivity index (χ3n) is 2.42. The van der Waals surface area contributed by atoms with Gasteiger partial charge in [-0.3, -0.25) is 4.79 Å². The third-order valence-corrected chi connectivity index (χ3v) is 3.12. The molecule has 6 nitrogen and oxygen atoms in total. The number of amides is 1. The van der Waals surface area contributed by atoms with Gasteiger partial charge in [-0.1, -0.05) is 0 Å². The highest BCUT2D eigenvalue weighted by molar-refractivity contribution is 14.0. The van der Waals surface area contributed by atoms with Crippen LogP contribution in [0.15, 0.2) is 4.99 Å². The molecule has 0 aromatic rings. The lowest BCUT2D eigenvalue weighted by atomic mass is 10.3. The Balaban J connectivity index is 0. The zero-order valence-electron chi connectivity index (χ0n) is 13.2. The van der Waals surface area contributed by atoms with Crippen molar-refractivity contribution in [1.29, 1.82) is 0 Å². The van der Waals surface area contributed by atoms with Crippen molar-refractivity contribution >= 4 is 47.6 Å². The molecular formula is C13H29IN4O2S. The number of guanidine groups is 1. The average Bonchev–Trinajstić information content (AvgIpc) is 2.44. The van der Waals surface area contributed by atoms with Gasteiger partial charge in [-0.25, -0.2) is 4.99 Å². The molecule has 0 saturated carbocycles. The minimum absolute atomic E-state index is 0. The number of methoxy groups -OCH3 is 1. The number of nitrogens with one attached hydrogen (secondary N) is 3. The second-order valence-corrected chi connectivity index (χ2v) is 5.15. The summed E-state index contributed by atoms with van der Waals surface area (Å²) in [7, 11) is 1.61. The maximum atomic E-state index is 11.5. The molecule has 21 heavy (non-hydrogen) atoms. The van der Waals surface area contributed by atoms with Crippen molar-refractivity contribution in [3.05, 3.63) is 0 Å². The molecule has 0 aliphatic heterocycles. The molecule has 1 amide bonds. The van der Waals surface area contributed by atoms with Crippen LogP contribution in [0.3, 0.4) is 0 Å². The number of thioether (sulfide) groups is 1. The molecule has 0 rings (SSSR count). The van der Waals surface area contributed by atoms with Crippen molar-refractivity contribution in [2.75, 3.05) is 51.9 Å². The zero-order valence-corrected chi connectivity index (χ0v) is 16.4. The lowest BCUT2D eigenvalue weighted by Gasteiger charge is -2.11. The molecule has 0 aliphatic rings. The highest BCUT2D eigenvalue weighted by Crippen LogP contribution is 1.97. The van der Waals surface area contributed by atoms with Crippen LogP contribution in [0.25, 0.3) is 0 Å². The molecule has 0 bridgehead atoms. The summed E-state index contributed by atoms with van der Waals surface area (Å²) in [5.41, 5.74) is 0. The van der Waals surface area contributed by atoms with Crippen molar-refractivity contribution in [1.82, 2.24) is 16.0 Å². The maximum Gasteiger partial charge on any atom is 0.241 e. The Hall–Kier alpha value is -0.220. The van der Waals surface area contributed by atoms with Gasteiger partial charge in [0.15, 0.2) is 5.96 Å². The van der Waals surface area contributed by atoms with Crippen LogP contribution < -0.4 is 16.0 Å². The quantitative estimate of drug-likeness (QED) is 0.197.